The summed E-state index contributed by atoms with van der Waals surface area (Å²) < 4.78 is 12.7. The lowest BCUT2D eigenvalue weighted by Crippen LogP contribution is -2.67. The average Bonchev–Trinajstić information content (AvgIpc) is 3.10. The molecule has 0 N–H and O–H groups in total. The van der Waals surface area contributed by atoms with Crippen LogP contribution in [0.15, 0.2) is 0 Å². The Bertz CT molecular complexity index is 906. The number of hydrogen-bond acceptors (Lipinski definition) is 3. The number of hydrogen-bond donors (Lipinski definition) is 0. The maximum Gasteiger partial charge on any atom is 0.302 e. The Hall–Kier alpha value is -0.570. The van der Waals surface area contributed by atoms with E-state index in [0.29, 0.717) is 39.1 Å². The third-order valence-corrected chi connectivity index (χ3v) is 14.4. The van der Waals surface area contributed by atoms with E-state index in [4.69, 9.17) is 9.47 Å². The molecule has 10 atom stereocenters. The van der Waals surface area contributed by atoms with Crippen LogP contribution in [0.25, 0.3) is 0 Å². The van der Waals surface area contributed by atoms with Crippen molar-refractivity contribution in [1.82, 2.24) is 0 Å². The van der Waals surface area contributed by atoms with E-state index in [1.165, 1.54) is 57.8 Å². The molecule has 0 amide bonds. The first kappa shape index (κ1) is 24.7. The Labute approximate surface area is 214 Å². The van der Waals surface area contributed by atoms with Gasteiger partial charge in [-0.1, -0.05) is 48.5 Å². The van der Waals surface area contributed by atoms with Crippen molar-refractivity contribution in [3.63, 3.8) is 0 Å². The van der Waals surface area contributed by atoms with Gasteiger partial charge in [-0.05, 0) is 115 Å². The van der Waals surface area contributed by atoms with Gasteiger partial charge in [0.15, 0.2) is 0 Å². The molecule has 0 unspecified atom stereocenters. The molecule has 6 rings (SSSR count). The summed E-state index contributed by atoms with van der Waals surface area (Å²) in [6.07, 6.45) is 13.7. The molecule has 0 radical (unpaired) electrons. The second-order valence-electron chi connectivity index (χ2n) is 16.2. The summed E-state index contributed by atoms with van der Waals surface area (Å²) in [7, 11) is 0. The molecule has 3 heteroatoms. The van der Waals surface area contributed by atoms with Crippen molar-refractivity contribution in [3.05, 3.63) is 0 Å². The van der Waals surface area contributed by atoms with Gasteiger partial charge in [0.1, 0.15) is 6.10 Å². The Balaban J connectivity index is 1.35. The first-order valence-corrected chi connectivity index (χ1v) is 15.0. The molecular formula is C32H52O3. The number of ether oxygens (including phenoxy) is 2. The van der Waals surface area contributed by atoms with Gasteiger partial charge < -0.3 is 9.47 Å². The predicted molar refractivity (Wildman–Crippen MR) is 140 cm³/mol. The van der Waals surface area contributed by atoms with E-state index in [1.54, 1.807) is 6.92 Å². The Kier molecular flexibility index (Phi) is 5.16. The van der Waals surface area contributed by atoms with Crippen LogP contribution in [0.3, 0.4) is 0 Å². The van der Waals surface area contributed by atoms with Gasteiger partial charge in [-0.2, -0.15) is 0 Å². The largest absolute Gasteiger partial charge is 0.462 e. The van der Waals surface area contributed by atoms with Crippen LogP contribution in [0.1, 0.15) is 120 Å². The zero-order valence-corrected chi connectivity index (χ0v) is 24.0. The Morgan fingerprint density at radius 1 is 0.771 bits per heavy atom. The Morgan fingerprint density at radius 3 is 2.20 bits per heavy atom. The van der Waals surface area contributed by atoms with Crippen molar-refractivity contribution in [3.8, 4) is 0 Å². The van der Waals surface area contributed by atoms with Crippen molar-refractivity contribution in [2.45, 2.75) is 132 Å². The summed E-state index contributed by atoms with van der Waals surface area (Å²) in [6.45, 7) is 20.5. The number of esters is 1. The number of carbonyl (C=O) groups is 1. The van der Waals surface area contributed by atoms with Gasteiger partial charge in [0.05, 0.1) is 12.7 Å². The van der Waals surface area contributed by atoms with Crippen molar-refractivity contribution in [2.75, 3.05) is 6.61 Å². The molecule has 0 spiro atoms. The fourth-order valence-corrected chi connectivity index (χ4v) is 12.4. The standard InChI is InChI=1S/C32H52O3/c1-20(33)35-24-12-13-29(6)22(28(24,4)5)11-14-31(8)23(29)10-9-21-25-26-27(2,3)15-17-32(25,19-34-26)18-16-30(21,31)7/h21-26H,9-19H2,1-8H3/t21-,22+,23+,24+,25+,26+,29-,30+,31+,32+/m0/s1. The van der Waals surface area contributed by atoms with Crippen LogP contribution >= 0.6 is 0 Å². The molecule has 6 fully saturated rings. The number of fused-ring (bicyclic) bond motifs is 5. The van der Waals surface area contributed by atoms with Gasteiger partial charge in [-0.15, -0.1) is 0 Å². The van der Waals surface area contributed by atoms with Crippen molar-refractivity contribution in [2.24, 2.45) is 56.2 Å². The predicted octanol–water partition coefficient (Wildman–Crippen LogP) is 7.81. The van der Waals surface area contributed by atoms with Crippen LogP contribution in [0.5, 0.6) is 0 Å². The van der Waals surface area contributed by atoms with Gasteiger partial charge in [0.25, 0.3) is 0 Å². The fourth-order valence-electron chi connectivity index (χ4n) is 12.4. The maximum absolute atomic E-state index is 11.9. The number of carbonyl (C=O) groups excluding carboxylic acids is 1. The molecule has 2 bridgehead atoms. The zero-order valence-electron chi connectivity index (χ0n) is 24.0. The molecule has 0 aromatic heterocycles. The lowest BCUT2D eigenvalue weighted by molar-refractivity contribution is -0.254. The third-order valence-electron chi connectivity index (χ3n) is 14.4. The van der Waals surface area contributed by atoms with Crippen molar-refractivity contribution in [1.29, 1.82) is 0 Å². The molecule has 0 aromatic rings. The van der Waals surface area contributed by atoms with Crippen LogP contribution in [-0.4, -0.2) is 24.8 Å². The maximum atomic E-state index is 11.9. The van der Waals surface area contributed by atoms with Crippen molar-refractivity contribution >= 4 is 5.97 Å². The molecule has 5 aliphatic carbocycles. The van der Waals surface area contributed by atoms with E-state index >= 15 is 0 Å². The Morgan fingerprint density at radius 2 is 1.49 bits per heavy atom. The first-order chi connectivity index (χ1) is 16.2. The molecule has 198 valence electrons. The molecular weight excluding hydrogens is 432 g/mol. The summed E-state index contributed by atoms with van der Waals surface area (Å²) >= 11 is 0. The van der Waals surface area contributed by atoms with Crippen LogP contribution in [0, 0.1) is 56.2 Å². The van der Waals surface area contributed by atoms with E-state index in [0.717, 1.165) is 30.8 Å². The first-order valence-electron chi connectivity index (χ1n) is 15.0. The highest BCUT2D eigenvalue weighted by Gasteiger charge is 2.72. The highest BCUT2D eigenvalue weighted by atomic mass is 16.5. The van der Waals surface area contributed by atoms with Crippen molar-refractivity contribution < 1.29 is 14.3 Å². The molecule has 1 aliphatic heterocycles. The second kappa shape index (κ2) is 7.29. The summed E-state index contributed by atoms with van der Waals surface area (Å²) in [6, 6.07) is 0. The minimum Gasteiger partial charge on any atom is -0.462 e. The SMILES string of the molecule is CC(=O)O[C@@H]1CC[C@@]2(C)[C@H](CC[C@]3(C)[C@@H]2CC[C@H]2[C@@H]4[C@H]5OC[C@@]4(CCC5(C)C)CC[C@]23C)C1(C)C. The smallest absolute Gasteiger partial charge is 0.302 e. The normalized spacial score (nSPS) is 55.7. The fraction of sp³-hybridized carbons (Fsp3) is 0.969. The molecule has 1 heterocycles. The van der Waals surface area contributed by atoms with Crippen LogP contribution in [-0.2, 0) is 14.3 Å². The minimum atomic E-state index is -0.108. The molecule has 0 aromatic carbocycles. The van der Waals surface area contributed by atoms with Gasteiger partial charge in [0.2, 0.25) is 0 Å². The summed E-state index contributed by atoms with van der Waals surface area (Å²) in [5.74, 6) is 2.88. The zero-order chi connectivity index (χ0) is 25.2. The summed E-state index contributed by atoms with van der Waals surface area (Å²) in [4.78, 5) is 11.9. The van der Waals surface area contributed by atoms with Crippen LogP contribution in [0.2, 0.25) is 0 Å². The lowest BCUT2D eigenvalue weighted by Gasteiger charge is -2.73. The van der Waals surface area contributed by atoms with Gasteiger partial charge in [0, 0.05) is 12.3 Å². The molecule has 1 saturated heterocycles. The highest BCUT2D eigenvalue weighted by molar-refractivity contribution is 5.66. The summed E-state index contributed by atoms with van der Waals surface area (Å²) in [5.41, 5.74) is 2.00. The quantitative estimate of drug-likeness (QED) is 0.356. The molecule has 5 saturated carbocycles. The van der Waals surface area contributed by atoms with Crippen LogP contribution in [0.4, 0.5) is 0 Å². The lowest BCUT2D eigenvalue weighted by atomic mass is 9.31. The van der Waals surface area contributed by atoms with E-state index in [2.05, 4.69) is 48.5 Å². The monoisotopic (exact) mass is 484 g/mol. The second-order valence-corrected chi connectivity index (χ2v) is 16.2. The molecule has 35 heavy (non-hydrogen) atoms. The minimum absolute atomic E-state index is 0.0503. The average molecular weight is 485 g/mol. The highest BCUT2D eigenvalue weighted by Crippen LogP contribution is 2.78. The third kappa shape index (κ3) is 2.97. The van der Waals surface area contributed by atoms with E-state index < -0.39 is 0 Å². The van der Waals surface area contributed by atoms with E-state index in [-0.39, 0.29) is 17.5 Å². The van der Waals surface area contributed by atoms with Gasteiger partial charge in [-0.3, -0.25) is 4.79 Å². The summed E-state index contributed by atoms with van der Waals surface area (Å²) in [5, 5.41) is 0. The van der Waals surface area contributed by atoms with Crippen LogP contribution < -0.4 is 0 Å². The number of rotatable bonds is 1. The topological polar surface area (TPSA) is 35.5 Å². The van der Waals surface area contributed by atoms with E-state index in [1.807, 2.05) is 0 Å². The van der Waals surface area contributed by atoms with Gasteiger partial charge >= 0.3 is 5.97 Å². The molecule has 3 nitrogen and oxygen atoms in total. The van der Waals surface area contributed by atoms with Gasteiger partial charge in [-0.25, -0.2) is 0 Å². The van der Waals surface area contributed by atoms with E-state index in [9.17, 15) is 4.79 Å². The molecule has 6 aliphatic rings.